The van der Waals surface area contributed by atoms with Gasteiger partial charge in [0.25, 0.3) is 0 Å². The van der Waals surface area contributed by atoms with Crippen LogP contribution in [-0.4, -0.2) is 25.0 Å². The van der Waals surface area contributed by atoms with E-state index in [1.165, 1.54) is 22.3 Å². The Morgan fingerprint density at radius 3 is 2.61 bits per heavy atom. The highest BCUT2D eigenvalue weighted by Crippen LogP contribution is 2.41. The Kier molecular flexibility index (Phi) is 4.00. The monoisotopic (exact) mass is 369 g/mol. The Bertz CT molecular complexity index is 771. The fourth-order valence-corrected chi connectivity index (χ4v) is 3.87. The second kappa shape index (κ2) is 6.14. The molecule has 23 heavy (non-hydrogen) atoms. The van der Waals surface area contributed by atoms with Crippen LogP contribution < -0.4 is 4.74 Å². The van der Waals surface area contributed by atoms with Gasteiger partial charge in [-0.15, -0.1) is 0 Å². The normalized spacial score (nSPS) is 18.0. The predicted octanol–water partition coefficient (Wildman–Crippen LogP) is 4.87. The lowest BCUT2D eigenvalue weighted by Crippen LogP contribution is -2.27. The standard InChI is InChI=1S/C20H20BrNO/c1-22-10-8-14(9-11-22)20-17-5-3-2-4-15(17)13-23-19-12-16(21)6-7-18(19)20/h2-7,12H,8-11,13H2,1H3. The third kappa shape index (κ3) is 2.84. The SMILES string of the molecule is CN1CCC(=C2c3ccccc3COc3cc(Br)ccc32)CC1. The van der Waals surface area contributed by atoms with Crippen molar-refractivity contribution in [2.75, 3.05) is 20.1 Å². The first-order chi connectivity index (χ1) is 11.2. The number of halogens is 1. The molecule has 0 atom stereocenters. The molecule has 0 radical (unpaired) electrons. The minimum Gasteiger partial charge on any atom is -0.488 e. The topological polar surface area (TPSA) is 12.5 Å². The third-order valence-corrected chi connectivity index (χ3v) is 5.32. The number of fused-ring (bicyclic) bond motifs is 2. The molecular formula is C20H20BrNO. The van der Waals surface area contributed by atoms with E-state index in [1.54, 1.807) is 5.57 Å². The molecule has 0 amide bonds. The van der Waals surface area contributed by atoms with Crippen molar-refractivity contribution in [2.45, 2.75) is 19.4 Å². The molecule has 0 unspecified atom stereocenters. The van der Waals surface area contributed by atoms with E-state index in [4.69, 9.17) is 4.74 Å². The van der Waals surface area contributed by atoms with E-state index >= 15 is 0 Å². The molecule has 0 saturated carbocycles. The van der Waals surface area contributed by atoms with E-state index in [-0.39, 0.29) is 0 Å². The zero-order chi connectivity index (χ0) is 15.8. The van der Waals surface area contributed by atoms with Crippen LogP contribution in [0.5, 0.6) is 5.75 Å². The van der Waals surface area contributed by atoms with Crippen LogP contribution >= 0.6 is 15.9 Å². The molecule has 2 aliphatic heterocycles. The van der Waals surface area contributed by atoms with E-state index in [0.29, 0.717) is 6.61 Å². The second-order valence-corrected chi connectivity index (χ2v) is 7.28. The minimum atomic E-state index is 0.635. The molecule has 0 aliphatic carbocycles. The van der Waals surface area contributed by atoms with Crippen LogP contribution in [0.2, 0.25) is 0 Å². The summed E-state index contributed by atoms with van der Waals surface area (Å²) in [5.74, 6) is 0.983. The van der Waals surface area contributed by atoms with Gasteiger partial charge in [0.2, 0.25) is 0 Å². The zero-order valence-corrected chi connectivity index (χ0v) is 14.9. The summed E-state index contributed by atoms with van der Waals surface area (Å²) in [7, 11) is 2.21. The Balaban J connectivity index is 1.94. The van der Waals surface area contributed by atoms with Crippen LogP contribution in [0.3, 0.4) is 0 Å². The average molecular weight is 370 g/mol. The number of hydrogen-bond donors (Lipinski definition) is 0. The summed E-state index contributed by atoms with van der Waals surface area (Å²) in [5, 5.41) is 0. The van der Waals surface area contributed by atoms with Crippen molar-refractivity contribution >= 4 is 21.5 Å². The van der Waals surface area contributed by atoms with Gasteiger partial charge in [0.1, 0.15) is 12.4 Å². The molecule has 0 N–H and O–H groups in total. The molecule has 2 aliphatic rings. The lowest BCUT2D eigenvalue weighted by Gasteiger charge is -2.27. The summed E-state index contributed by atoms with van der Waals surface area (Å²) in [6, 6.07) is 15.1. The van der Waals surface area contributed by atoms with Gasteiger partial charge in [0.15, 0.2) is 0 Å². The summed E-state index contributed by atoms with van der Waals surface area (Å²) in [5.41, 5.74) is 6.81. The number of likely N-dealkylation sites (tertiary alicyclic amines) is 1. The van der Waals surface area contributed by atoms with E-state index < -0.39 is 0 Å². The molecule has 2 aromatic carbocycles. The number of piperidine rings is 1. The van der Waals surface area contributed by atoms with Crippen molar-refractivity contribution in [3.8, 4) is 5.75 Å². The van der Waals surface area contributed by atoms with Gasteiger partial charge >= 0.3 is 0 Å². The molecular weight excluding hydrogens is 350 g/mol. The molecule has 118 valence electrons. The van der Waals surface area contributed by atoms with Gasteiger partial charge in [-0.2, -0.15) is 0 Å². The summed E-state index contributed by atoms with van der Waals surface area (Å²) in [4.78, 5) is 2.41. The highest BCUT2D eigenvalue weighted by molar-refractivity contribution is 9.10. The third-order valence-electron chi connectivity index (χ3n) is 4.83. The first-order valence-corrected chi connectivity index (χ1v) is 8.93. The molecule has 1 fully saturated rings. The molecule has 0 aromatic heterocycles. The van der Waals surface area contributed by atoms with Crippen LogP contribution in [0, 0.1) is 0 Å². The lowest BCUT2D eigenvalue weighted by molar-refractivity contribution is 0.307. The van der Waals surface area contributed by atoms with Crippen molar-refractivity contribution in [3.63, 3.8) is 0 Å². The van der Waals surface area contributed by atoms with Gasteiger partial charge in [-0.1, -0.05) is 45.8 Å². The highest BCUT2D eigenvalue weighted by Gasteiger charge is 2.23. The molecule has 2 nitrogen and oxygen atoms in total. The predicted molar refractivity (Wildman–Crippen MR) is 97.7 cm³/mol. The van der Waals surface area contributed by atoms with Gasteiger partial charge in [0, 0.05) is 23.1 Å². The Hall–Kier alpha value is -1.58. The molecule has 0 bridgehead atoms. The second-order valence-electron chi connectivity index (χ2n) is 6.37. The van der Waals surface area contributed by atoms with Crippen molar-refractivity contribution < 1.29 is 4.74 Å². The van der Waals surface area contributed by atoms with Crippen LogP contribution in [0.25, 0.3) is 5.57 Å². The number of nitrogens with zero attached hydrogens (tertiary/aromatic N) is 1. The fourth-order valence-electron chi connectivity index (χ4n) is 3.53. The Morgan fingerprint density at radius 2 is 1.78 bits per heavy atom. The van der Waals surface area contributed by atoms with E-state index in [0.717, 1.165) is 36.2 Å². The van der Waals surface area contributed by atoms with E-state index in [1.807, 2.05) is 0 Å². The molecule has 0 spiro atoms. The largest absolute Gasteiger partial charge is 0.488 e. The summed E-state index contributed by atoms with van der Waals surface area (Å²) >= 11 is 3.57. The fraction of sp³-hybridized carbons (Fsp3) is 0.300. The average Bonchev–Trinajstić information content (AvgIpc) is 2.72. The van der Waals surface area contributed by atoms with Crippen molar-refractivity contribution in [3.05, 3.63) is 69.2 Å². The molecule has 3 heteroatoms. The van der Waals surface area contributed by atoms with Gasteiger partial charge < -0.3 is 9.64 Å². The maximum Gasteiger partial charge on any atom is 0.128 e. The Morgan fingerprint density at radius 1 is 1.00 bits per heavy atom. The molecule has 1 saturated heterocycles. The first-order valence-electron chi connectivity index (χ1n) is 8.14. The smallest absolute Gasteiger partial charge is 0.128 e. The summed E-state index contributed by atoms with van der Waals surface area (Å²) in [6.45, 7) is 2.90. The van der Waals surface area contributed by atoms with Gasteiger partial charge in [-0.3, -0.25) is 0 Å². The number of ether oxygens (including phenoxy) is 1. The summed E-state index contributed by atoms with van der Waals surface area (Å²) in [6.07, 6.45) is 2.27. The minimum absolute atomic E-state index is 0.635. The van der Waals surface area contributed by atoms with Gasteiger partial charge in [0.05, 0.1) is 0 Å². The Labute approximate surface area is 145 Å². The molecule has 4 rings (SSSR count). The molecule has 2 heterocycles. The lowest BCUT2D eigenvalue weighted by atomic mass is 9.86. The van der Waals surface area contributed by atoms with Crippen molar-refractivity contribution in [1.82, 2.24) is 4.90 Å². The van der Waals surface area contributed by atoms with E-state index in [9.17, 15) is 0 Å². The zero-order valence-electron chi connectivity index (χ0n) is 13.3. The van der Waals surface area contributed by atoms with Crippen LogP contribution in [0.4, 0.5) is 0 Å². The number of rotatable bonds is 0. The number of hydrogen-bond acceptors (Lipinski definition) is 2. The van der Waals surface area contributed by atoms with Crippen LogP contribution in [-0.2, 0) is 6.61 Å². The maximum absolute atomic E-state index is 6.12. The summed E-state index contributed by atoms with van der Waals surface area (Å²) < 4.78 is 7.19. The molecule has 2 aromatic rings. The van der Waals surface area contributed by atoms with Crippen molar-refractivity contribution in [1.29, 1.82) is 0 Å². The van der Waals surface area contributed by atoms with Gasteiger partial charge in [-0.25, -0.2) is 0 Å². The van der Waals surface area contributed by atoms with Crippen molar-refractivity contribution in [2.24, 2.45) is 0 Å². The number of benzene rings is 2. The first kappa shape index (κ1) is 15.0. The van der Waals surface area contributed by atoms with E-state index in [2.05, 4.69) is 70.3 Å². The van der Waals surface area contributed by atoms with Crippen LogP contribution in [0.1, 0.15) is 29.5 Å². The highest BCUT2D eigenvalue weighted by atomic mass is 79.9. The van der Waals surface area contributed by atoms with Crippen LogP contribution in [0.15, 0.2) is 52.5 Å². The maximum atomic E-state index is 6.12. The quantitative estimate of drug-likeness (QED) is 0.656. The van der Waals surface area contributed by atoms with Gasteiger partial charge in [-0.05, 0) is 54.8 Å².